The van der Waals surface area contributed by atoms with Gasteiger partial charge in [-0.05, 0) is 30.0 Å². The van der Waals surface area contributed by atoms with Crippen LogP contribution in [0.1, 0.15) is 57.6 Å². The first-order chi connectivity index (χ1) is 8.58. The summed E-state index contributed by atoms with van der Waals surface area (Å²) in [5.41, 5.74) is 0.632. The molecule has 0 amide bonds. The minimum absolute atomic E-state index is 0.313. The number of aliphatic hydroxyl groups excluding tert-OH is 1. The number of benzene rings is 1. The number of hydrogen-bond donors (Lipinski definition) is 1. The van der Waals surface area contributed by atoms with Gasteiger partial charge in [-0.15, -0.1) is 0 Å². The number of aliphatic hydroxyl groups is 1. The first-order valence-electron chi connectivity index (χ1n) is 6.71. The summed E-state index contributed by atoms with van der Waals surface area (Å²) >= 11 is 5.96. The van der Waals surface area contributed by atoms with Crippen molar-refractivity contribution in [2.75, 3.05) is 0 Å². The van der Waals surface area contributed by atoms with E-state index < -0.39 is 6.10 Å². The monoisotopic (exact) mass is 272 g/mol. The lowest BCUT2D eigenvalue weighted by Crippen LogP contribution is -2.07. The van der Waals surface area contributed by atoms with E-state index in [1.807, 2.05) is 0 Å². The molecule has 0 aliphatic carbocycles. The molecule has 18 heavy (non-hydrogen) atoms. The van der Waals surface area contributed by atoms with Gasteiger partial charge in [0.25, 0.3) is 0 Å². The van der Waals surface area contributed by atoms with Crippen LogP contribution >= 0.6 is 11.6 Å². The molecule has 0 aliphatic heterocycles. The molecular formula is C15H22ClFO. The summed E-state index contributed by atoms with van der Waals surface area (Å²) in [4.78, 5) is 0. The van der Waals surface area contributed by atoms with Crippen LogP contribution in [0.5, 0.6) is 0 Å². The lowest BCUT2D eigenvalue weighted by atomic mass is 9.90. The molecule has 3 heteroatoms. The molecule has 2 atom stereocenters. The van der Waals surface area contributed by atoms with E-state index >= 15 is 0 Å². The largest absolute Gasteiger partial charge is 0.388 e. The molecule has 0 bridgehead atoms. The van der Waals surface area contributed by atoms with Crippen LogP contribution in [-0.4, -0.2) is 5.11 Å². The van der Waals surface area contributed by atoms with E-state index in [-0.39, 0.29) is 5.82 Å². The van der Waals surface area contributed by atoms with Gasteiger partial charge in [-0.25, -0.2) is 4.39 Å². The Morgan fingerprint density at radius 2 is 2.06 bits per heavy atom. The Bertz CT molecular complexity index is 368. The van der Waals surface area contributed by atoms with Crippen molar-refractivity contribution in [2.45, 2.75) is 52.1 Å². The predicted molar refractivity (Wildman–Crippen MR) is 74.3 cm³/mol. The smallest absolute Gasteiger partial charge is 0.124 e. The van der Waals surface area contributed by atoms with Crippen molar-refractivity contribution in [2.24, 2.45) is 5.92 Å². The number of rotatable bonds is 7. The van der Waals surface area contributed by atoms with Crippen molar-refractivity contribution in [3.8, 4) is 0 Å². The number of hydrogen-bond acceptors (Lipinski definition) is 1. The summed E-state index contributed by atoms with van der Waals surface area (Å²) in [7, 11) is 0. The minimum atomic E-state index is -0.597. The fraction of sp³-hybridized carbons (Fsp3) is 0.600. The van der Waals surface area contributed by atoms with E-state index in [1.165, 1.54) is 25.0 Å². The Balaban J connectivity index is 2.65. The molecule has 0 spiro atoms. The fourth-order valence-electron chi connectivity index (χ4n) is 2.20. The third kappa shape index (κ3) is 4.58. The maximum atomic E-state index is 12.9. The van der Waals surface area contributed by atoms with Crippen molar-refractivity contribution < 1.29 is 9.50 Å². The lowest BCUT2D eigenvalue weighted by Gasteiger charge is -2.19. The van der Waals surface area contributed by atoms with Crippen molar-refractivity contribution in [3.63, 3.8) is 0 Å². The normalized spacial score (nSPS) is 14.5. The topological polar surface area (TPSA) is 20.2 Å². The van der Waals surface area contributed by atoms with Crippen molar-refractivity contribution in [1.29, 1.82) is 0 Å². The van der Waals surface area contributed by atoms with Crippen LogP contribution < -0.4 is 0 Å². The minimum Gasteiger partial charge on any atom is -0.388 e. The summed E-state index contributed by atoms with van der Waals surface area (Å²) in [5.74, 6) is 0.134. The summed E-state index contributed by atoms with van der Waals surface area (Å²) in [6.45, 7) is 4.30. The first kappa shape index (κ1) is 15.5. The zero-order valence-electron chi connectivity index (χ0n) is 11.1. The molecule has 0 heterocycles. The molecule has 1 N–H and O–H groups in total. The van der Waals surface area contributed by atoms with Crippen LogP contribution in [0.3, 0.4) is 0 Å². The second-order valence-electron chi connectivity index (χ2n) is 4.83. The molecule has 1 aromatic carbocycles. The van der Waals surface area contributed by atoms with Crippen LogP contribution in [-0.2, 0) is 0 Å². The highest BCUT2D eigenvalue weighted by molar-refractivity contribution is 6.31. The number of unbranched alkanes of at least 4 members (excludes halogenated alkanes) is 1. The van der Waals surface area contributed by atoms with Gasteiger partial charge in [0.1, 0.15) is 5.82 Å². The molecule has 102 valence electrons. The Morgan fingerprint density at radius 1 is 1.33 bits per heavy atom. The zero-order valence-corrected chi connectivity index (χ0v) is 11.9. The maximum Gasteiger partial charge on any atom is 0.124 e. The zero-order chi connectivity index (χ0) is 13.5. The predicted octanol–water partition coefficient (Wildman–Crippen LogP) is 5.12. The molecule has 0 fully saturated rings. The highest BCUT2D eigenvalue weighted by Crippen LogP contribution is 2.31. The molecule has 0 radical (unpaired) electrons. The van der Waals surface area contributed by atoms with Gasteiger partial charge in [0.15, 0.2) is 0 Å². The number of halogens is 2. The molecule has 0 saturated heterocycles. The Morgan fingerprint density at radius 3 is 2.61 bits per heavy atom. The fourth-order valence-corrected chi connectivity index (χ4v) is 2.49. The molecule has 1 nitrogen and oxygen atoms in total. The molecule has 1 aromatic rings. The molecule has 2 unspecified atom stereocenters. The van der Waals surface area contributed by atoms with Crippen LogP contribution in [0.15, 0.2) is 18.2 Å². The highest BCUT2D eigenvalue weighted by Gasteiger charge is 2.17. The van der Waals surface area contributed by atoms with Crippen molar-refractivity contribution in [1.82, 2.24) is 0 Å². The van der Waals surface area contributed by atoms with Gasteiger partial charge in [0.05, 0.1) is 6.10 Å². The Labute approximate surface area is 114 Å². The summed E-state index contributed by atoms with van der Waals surface area (Å²) in [5, 5.41) is 10.5. The van der Waals surface area contributed by atoms with Gasteiger partial charge in [0, 0.05) is 5.02 Å². The van der Waals surface area contributed by atoms with E-state index in [0.717, 1.165) is 12.8 Å². The van der Waals surface area contributed by atoms with E-state index in [4.69, 9.17) is 11.6 Å². The van der Waals surface area contributed by atoms with Crippen molar-refractivity contribution in [3.05, 3.63) is 34.6 Å². The van der Waals surface area contributed by atoms with Gasteiger partial charge in [-0.3, -0.25) is 0 Å². The van der Waals surface area contributed by atoms with E-state index in [1.54, 1.807) is 6.07 Å². The molecule has 0 aliphatic rings. The van der Waals surface area contributed by atoms with Crippen LogP contribution in [0.4, 0.5) is 4.39 Å². The molecule has 0 saturated carbocycles. The average molecular weight is 273 g/mol. The quantitative estimate of drug-likeness (QED) is 0.730. The van der Waals surface area contributed by atoms with Crippen LogP contribution in [0, 0.1) is 11.7 Å². The summed E-state index contributed by atoms with van der Waals surface area (Å²) in [6, 6.07) is 4.18. The summed E-state index contributed by atoms with van der Waals surface area (Å²) < 4.78 is 12.9. The van der Waals surface area contributed by atoms with Gasteiger partial charge in [0.2, 0.25) is 0 Å². The van der Waals surface area contributed by atoms with Gasteiger partial charge >= 0.3 is 0 Å². The second kappa shape index (κ2) is 7.75. The third-order valence-corrected chi connectivity index (χ3v) is 3.75. The molecule has 0 aromatic heterocycles. The molecule has 1 rings (SSSR count). The van der Waals surface area contributed by atoms with Crippen LogP contribution in [0.2, 0.25) is 5.02 Å². The van der Waals surface area contributed by atoms with Crippen LogP contribution in [0.25, 0.3) is 0 Å². The maximum absolute atomic E-state index is 12.9. The second-order valence-corrected chi connectivity index (χ2v) is 5.24. The van der Waals surface area contributed by atoms with E-state index in [2.05, 4.69) is 13.8 Å². The Kier molecular flexibility index (Phi) is 6.66. The molecular weight excluding hydrogens is 251 g/mol. The van der Waals surface area contributed by atoms with E-state index in [0.29, 0.717) is 22.9 Å². The third-order valence-electron chi connectivity index (χ3n) is 3.42. The SMILES string of the molecule is CCCCC(CC)CC(O)c1ccc(F)cc1Cl. The first-order valence-corrected chi connectivity index (χ1v) is 7.09. The van der Waals surface area contributed by atoms with Crippen molar-refractivity contribution >= 4 is 11.6 Å². The van der Waals surface area contributed by atoms with E-state index in [9.17, 15) is 9.50 Å². The standard InChI is InChI=1S/C15H22ClFO/c1-3-5-6-11(4-2)9-15(18)13-8-7-12(17)10-14(13)16/h7-8,10-11,15,18H,3-6,9H2,1-2H3. The van der Waals surface area contributed by atoms with Gasteiger partial charge in [-0.2, -0.15) is 0 Å². The summed E-state index contributed by atoms with van der Waals surface area (Å²) in [6.07, 6.45) is 4.63. The highest BCUT2D eigenvalue weighted by atomic mass is 35.5. The van der Waals surface area contributed by atoms with Gasteiger partial charge < -0.3 is 5.11 Å². The lowest BCUT2D eigenvalue weighted by molar-refractivity contribution is 0.139. The Hall–Kier alpha value is -0.600. The van der Waals surface area contributed by atoms with Gasteiger partial charge in [-0.1, -0.05) is 57.2 Å². The average Bonchev–Trinajstić information content (AvgIpc) is 2.34.